The van der Waals surface area contributed by atoms with Crippen LogP contribution in [0.3, 0.4) is 0 Å². The van der Waals surface area contributed by atoms with E-state index >= 15 is 0 Å². The lowest BCUT2D eigenvalue weighted by Crippen LogP contribution is -2.16. The molecule has 90 valence electrons. The largest absolute Gasteiger partial charge is 0.493 e. The van der Waals surface area contributed by atoms with E-state index in [9.17, 15) is 0 Å². The highest BCUT2D eigenvalue weighted by molar-refractivity contribution is 6.32. The zero-order valence-electron chi connectivity index (χ0n) is 9.66. The molecule has 2 N–H and O–H groups in total. The topological polar surface area (TPSA) is 41.5 Å². The maximum atomic E-state index is 8.75. The van der Waals surface area contributed by atoms with Crippen LogP contribution in [0, 0.1) is 0 Å². The summed E-state index contributed by atoms with van der Waals surface area (Å²) in [6.45, 7) is 2.29. The monoisotopic (exact) mass is 243 g/mol. The van der Waals surface area contributed by atoms with Gasteiger partial charge in [-0.15, -0.1) is 0 Å². The molecule has 0 saturated carbocycles. The number of hydrogen-bond acceptors (Lipinski definition) is 3. The zero-order valence-corrected chi connectivity index (χ0v) is 10.4. The van der Waals surface area contributed by atoms with Crippen molar-refractivity contribution in [2.24, 2.45) is 0 Å². The summed E-state index contributed by atoms with van der Waals surface area (Å²) >= 11 is 6.01. The molecule has 4 heteroatoms. The van der Waals surface area contributed by atoms with Crippen LogP contribution in [0.15, 0.2) is 18.2 Å². The van der Waals surface area contributed by atoms with Gasteiger partial charge in [0.2, 0.25) is 0 Å². The normalized spacial score (nSPS) is 12.2. The number of rotatable bonds is 6. The molecule has 0 bridgehead atoms. The molecule has 0 saturated heterocycles. The predicted octanol–water partition coefficient (Wildman–Crippen LogP) is 2.92. The Labute approximate surface area is 101 Å². The van der Waals surface area contributed by atoms with E-state index < -0.39 is 0 Å². The van der Waals surface area contributed by atoms with Gasteiger partial charge in [-0.1, -0.05) is 17.7 Å². The Hall–Kier alpha value is -0.930. The lowest BCUT2D eigenvalue weighted by atomic mass is 10.1. The number of methoxy groups -OCH3 is 1. The van der Waals surface area contributed by atoms with Gasteiger partial charge in [0, 0.05) is 12.6 Å². The van der Waals surface area contributed by atoms with Gasteiger partial charge in [-0.25, -0.2) is 0 Å². The van der Waals surface area contributed by atoms with Crippen molar-refractivity contribution < 1.29 is 9.84 Å². The summed E-state index contributed by atoms with van der Waals surface area (Å²) in [5, 5.41) is 12.7. The highest BCUT2D eigenvalue weighted by Crippen LogP contribution is 2.32. The Morgan fingerprint density at radius 2 is 2.25 bits per heavy atom. The molecule has 0 aromatic heterocycles. The van der Waals surface area contributed by atoms with Gasteiger partial charge in [-0.05, 0) is 31.9 Å². The number of halogens is 1. The fourth-order valence-corrected chi connectivity index (χ4v) is 1.82. The third kappa shape index (κ3) is 3.58. The standard InChI is InChI=1S/C12H18ClNO2/c1-9(5-4-8-15)14-11-7-3-6-10(13)12(11)16-2/h3,6-7,9,14-15H,4-5,8H2,1-2H3. The van der Waals surface area contributed by atoms with Crippen LogP contribution in [-0.4, -0.2) is 24.9 Å². The minimum atomic E-state index is 0.221. The van der Waals surface area contributed by atoms with Crippen molar-refractivity contribution in [1.82, 2.24) is 0 Å². The number of ether oxygens (including phenoxy) is 1. The van der Waals surface area contributed by atoms with Crippen LogP contribution in [0.5, 0.6) is 5.75 Å². The molecule has 0 fully saturated rings. The lowest BCUT2D eigenvalue weighted by molar-refractivity contribution is 0.282. The van der Waals surface area contributed by atoms with Crippen LogP contribution >= 0.6 is 11.6 Å². The van der Waals surface area contributed by atoms with Gasteiger partial charge in [-0.3, -0.25) is 0 Å². The van der Waals surface area contributed by atoms with Gasteiger partial charge >= 0.3 is 0 Å². The summed E-state index contributed by atoms with van der Waals surface area (Å²) in [5.74, 6) is 0.667. The van der Waals surface area contributed by atoms with Gasteiger partial charge in [0.15, 0.2) is 5.75 Å². The van der Waals surface area contributed by atoms with E-state index in [1.54, 1.807) is 13.2 Å². The number of hydrogen-bond donors (Lipinski definition) is 2. The first kappa shape index (κ1) is 13.1. The molecular formula is C12H18ClNO2. The van der Waals surface area contributed by atoms with Gasteiger partial charge in [0.25, 0.3) is 0 Å². The van der Waals surface area contributed by atoms with E-state index in [-0.39, 0.29) is 12.6 Å². The highest BCUT2D eigenvalue weighted by atomic mass is 35.5. The van der Waals surface area contributed by atoms with Crippen molar-refractivity contribution >= 4 is 17.3 Å². The van der Waals surface area contributed by atoms with E-state index in [0.717, 1.165) is 18.5 Å². The molecular weight excluding hydrogens is 226 g/mol. The average molecular weight is 244 g/mol. The molecule has 0 aliphatic rings. The van der Waals surface area contributed by atoms with Crippen molar-refractivity contribution in [2.45, 2.75) is 25.8 Å². The summed E-state index contributed by atoms with van der Waals surface area (Å²) in [7, 11) is 1.60. The molecule has 1 unspecified atom stereocenters. The van der Waals surface area contributed by atoms with Crippen molar-refractivity contribution in [2.75, 3.05) is 19.0 Å². The summed E-state index contributed by atoms with van der Waals surface area (Å²) in [6.07, 6.45) is 1.70. The molecule has 0 aliphatic carbocycles. The summed E-state index contributed by atoms with van der Waals surface area (Å²) < 4.78 is 5.24. The smallest absolute Gasteiger partial charge is 0.160 e. The number of para-hydroxylation sites is 1. The number of benzene rings is 1. The third-order valence-corrected chi connectivity index (χ3v) is 2.67. The quantitative estimate of drug-likeness (QED) is 0.807. The number of anilines is 1. The first-order valence-corrected chi connectivity index (χ1v) is 5.76. The Morgan fingerprint density at radius 3 is 2.88 bits per heavy atom. The third-order valence-electron chi connectivity index (χ3n) is 2.37. The second-order valence-electron chi connectivity index (χ2n) is 3.73. The Bertz CT molecular complexity index is 331. The van der Waals surface area contributed by atoms with Gasteiger partial charge in [0.05, 0.1) is 17.8 Å². The van der Waals surface area contributed by atoms with Gasteiger partial charge < -0.3 is 15.2 Å². The van der Waals surface area contributed by atoms with Crippen molar-refractivity contribution in [1.29, 1.82) is 0 Å². The molecule has 1 aromatic carbocycles. The maximum Gasteiger partial charge on any atom is 0.160 e. The van der Waals surface area contributed by atoms with Crippen molar-refractivity contribution in [3.8, 4) is 5.75 Å². The van der Waals surface area contributed by atoms with Crippen LogP contribution in [0.1, 0.15) is 19.8 Å². The van der Waals surface area contributed by atoms with Crippen molar-refractivity contribution in [3.05, 3.63) is 23.2 Å². The van der Waals surface area contributed by atoms with Crippen LogP contribution in [0.4, 0.5) is 5.69 Å². The molecule has 0 heterocycles. The van der Waals surface area contributed by atoms with E-state index in [2.05, 4.69) is 12.2 Å². The summed E-state index contributed by atoms with van der Waals surface area (Å²) in [4.78, 5) is 0. The van der Waals surface area contributed by atoms with Gasteiger partial charge in [-0.2, -0.15) is 0 Å². The fraction of sp³-hybridized carbons (Fsp3) is 0.500. The molecule has 3 nitrogen and oxygen atoms in total. The van der Waals surface area contributed by atoms with Crippen LogP contribution in [-0.2, 0) is 0 Å². The average Bonchev–Trinajstić information content (AvgIpc) is 2.27. The van der Waals surface area contributed by atoms with E-state index in [0.29, 0.717) is 10.8 Å². The zero-order chi connectivity index (χ0) is 12.0. The molecule has 1 atom stereocenters. The minimum Gasteiger partial charge on any atom is -0.493 e. The lowest BCUT2D eigenvalue weighted by Gasteiger charge is -2.17. The summed E-state index contributed by atoms with van der Waals surface area (Å²) in [6, 6.07) is 5.88. The van der Waals surface area contributed by atoms with Crippen molar-refractivity contribution in [3.63, 3.8) is 0 Å². The van der Waals surface area contributed by atoms with Crippen LogP contribution in [0.2, 0.25) is 5.02 Å². The second-order valence-corrected chi connectivity index (χ2v) is 4.14. The predicted molar refractivity (Wildman–Crippen MR) is 67.4 cm³/mol. The Balaban J connectivity index is 2.69. The SMILES string of the molecule is COc1c(Cl)cccc1NC(C)CCCO. The first-order valence-electron chi connectivity index (χ1n) is 5.39. The molecule has 1 aromatic rings. The molecule has 1 rings (SSSR count). The Morgan fingerprint density at radius 1 is 1.50 bits per heavy atom. The number of aliphatic hydroxyl groups is 1. The molecule has 0 aliphatic heterocycles. The molecule has 0 radical (unpaired) electrons. The number of nitrogens with one attached hydrogen (secondary N) is 1. The minimum absolute atomic E-state index is 0.221. The maximum absolute atomic E-state index is 8.75. The van der Waals surface area contributed by atoms with E-state index in [1.807, 2.05) is 12.1 Å². The fourth-order valence-electron chi connectivity index (χ4n) is 1.57. The second kappa shape index (κ2) is 6.61. The number of aliphatic hydroxyl groups excluding tert-OH is 1. The molecule has 0 spiro atoms. The Kier molecular flexibility index (Phi) is 5.43. The van der Waals surface area contributed by atoms with Crippen LogP contribution in [0.25, 0.3) is 0 Å². The molecule has 16 heavy (non-hydrogen) atoms. The van der Waals surface area contributed by atoms with E-state index in [1.165, 1.54) is 0 Å². The molecule has 0 amide bonds. The van der Waals surface area contributed by atoms with E-state index in [4.69, 9.17) is 21.4 Å². The highest BCUT2D eigenvalue weighted by Gasteiger charge is 2.09. The first-order chi connectivity index (χ1) is 7.69. The summed E-state index contributed by atoms with van der Waals surface area (Å²) in [5.41, 5.74) is 0.889. The van der Waals surface area contributed by atoms with Gasteiger partial charge in [0.1, 0.15) is 0 Å². The van der Waals surface area contributed by atoms with Crippen LogP contribution < -0.4 is 10.1 Å².